The number of nitrogens with zero attached hydrogens (tertiary/aromatic N) is 1. The number of hydrogen-bond acceptors (Lipinski definition) is 3. The Morgan fingerprint density at radius 1 is 1.41 bits per heavy atom. The Morgan fingerprint density at radius 3 is 2.82 bits per heavy atom. The third kappa shape index (κ3) is 4.50. The van der Waals surface area contributed by atoms with Crippen LogP contribution in [0, 0.1) is 0 Å². The second kappa shape index (κ2) is 7.48. The van der Waals surface area contributed by atoms with Crippen LogP contribution < -0.4 is 0 Å². The van der Waals surface area contributed by atoms with Gasteiger partial charge in [0.1, 0.15) is 0 Å². The maximum atomic E-state index is 11.8. The summed E-state index contributed by atoms with van der Waals surface area (Å²) in [5.74, 6) is -0.362. The van der Waals surface area contributed by atoms with Gasteiger partial charge in [-0.25, -0.2) is 4.79 Å². The number of esters is 1. The molecule has 0 saturated carbocycles. The second-order valence-electron chi connectivity index (χ2n) is 3.88. The predicted molar refractivity (Wildman–Crippen MR) is 68.7 cm³/mol. The summed E-state index contributed by atoms with van der Waals surface area (Å²) >= 11 is 3.17. The fourth-order valence-electron chi connectivity index (χ4n) is 1.86. The molecule has 1 saturated heterocycles. The molecule has 0 spiro atoms. The number of likely N-dealkylation sites (tertiary alicyclic amines) is 1. The van der Waals surface area contributed by atoms with Gasteiger partial charge in [-0.05, 0) is 26.2 Å². The van der Waals surface area contributed by atoms with Crippen molar-refractivity contribution in [3.05, 3.63) is 11.8 Å². The zero-order valence-corrected chi connectivity index (χ0v) is 11.7. The normalized spacial score (nSPS) is 18.9. The summed E-state index contributed by atoms with van der Waals surface area (Å²) in [6.07, 6.45) is 5.30. The Kier molecular flexibility index (Phi) is 6.26. The number of amides is 1. The molecule has 0 aromatic heterocycles. The van der Waals surface area contributed by atoms with Crippen molar-refractivity contribution in [3.63, 3.8) is 0 Å². The number of rotatable bonds is 3. The highest BCUT2D eigenvalue weighted by atomic mass is 79.9. The van der Waals surface area contributed by atoms with E-state index in [0.717, 1.165) is 31.4 Å². The third-order valence-electron chi connectivity index (χ3n) is 2.65. The molecule has 1 amide bonds. The smallest absolute Gasteiger partial charge is 0.332 e. The highest BCUT2D eigenvalue weighted by Gasteiger charge is 2.20. The Balaban J connectivity index is 2.81. The molecule has 0 atom stereocenters. The van der Waals surface area contributed by atoms with Gasteiger partial charge in [0.15, 0.2) is 0 Å². The molecule has 0 aromatic rings. The fourth-order valence-corrected chi connectivity index (χ4v) is 2.16. The highest BCUT2D eigenvalue weighted by Crippen LogP contribution is 2.20. The molecule has 0 radical (unpaired) electrons. The van der Waals surface area contributed by atoms with E-state index in [9.17, 15) is 9.59 Å². The van der Waals surface area contributed by atoms with E-state index in [4.69, 9.17) is 4.74 Å². The molecule has 0 bridgehead atoms. The quantitative estimate of drug-likeness (QED) is 0.456. The van der Waals surface area contributed by atoms with Crippen LogP contribution in [-0.2, 0) is 14.3 Å². The Labute approximate surface area is 110 Å². The summed E-state index contributed by atoms with van der Waals surface area (Å²) in [6, 6.07) is 0. The molecule has 17 heavy (non-hydrogen) atoms. The third-order valence-corrected chi connectivity index (χ3v) is 3.13. The first-order valence-electron chi connectivity index (χ1n) is 5.92. The number of allylic oxidation sites excluding steroid dienone is 1. The fraction of sp³-hybridized carbons (Fsp3) is 0.667. The Bertz CT molecular complexity index is 315. The van der Waals surface area contributed by atoms with E-state index in [1.54, 1.807) is 11.8 Å². The molecular weight excluding hydrogens is 286 g/mol. The maximum Gasteiger partial charge on any atom is 0.332 e. The molecule has 1 aliphatic rings. The minimum absolute atomic E-state index is 0.00227. The molecule has 0 aliphatic carbocycles. The average molecular weight is 304 g/mol. The first-order valence-corrected chi connectivity index (χ1v) is 7.04. The second-order valence-corrected chi connectivity index (χ2v) is 4.44. The van der Waals surface area contributed by atoms with Crippen LogP contribution >= 0.6 is 15.9 Å². The predicted octanol–water partition coefficient (Wildman–Crippen LogP) is 2.23. The molecule has 1 rings (SSSR count). The molecule has 1 heterocycles. The van der Waals surface area contributed by atoms with E-state index in [2.05, 4.69) is 15.9 Å². The van der Waals surface area contributed by atoms with Gasteiger partial charge < -0.3 is 9.64 Å². The molecule has 5 heteroatoms. The van der Waals surface area contributed by atoms with Crippen LogP contribution in [0.25, 0.3) is 0 Å². The summed E-state index contributed by atoms with van der Waals surface area (Å²) < 4.78 is 4.88. The lowest BCUT2D eigenvalue weighted by Gasteiger charge is -2.22. The minimum atomic E-state index is -0.364. The van der Waals surface area contributed by atoms with Crippen molar-refractivity contribution in [1.29, 1.82) is 0 Å². The maximum absolute atomic E-state index is 11.8. The number of alkyl halides is 1. The summed E-state index contributed by atoms with van der Waals surface area (Å²) in [6.45, 7) is 2.82. The number of carbonyl (C=O) groups is 2. The first kappa shape index (κ1) is 14.2. The lowest BCUT2D eigenvalue weighted by molar-refractivity contribution is -0.137. The van der Waals surface area contributed by atoms with Gasteiger partial charge in [-0.15, -0.1) is 0 Å². The number of carbonyl (C=O) groups excluding carboxylic acids is 2. The van der Waals surface area contributed by atoms with Gasteiger partial charge >= 0.3 is 5.97 Å². The Morgan fingerprint density at radius 2 is 2.18 bits per heavy atom. The van der Waals surface area contributed by atoms with Crippen molar-refractivity contribution in [2.75, 3.05) is 18.5 Å². The van der Waals surface area contributed by atoms with Gasteiger partial charge in [-0.1, -0.05) is 22.4 Å². The Hall–Kier alpha value is -0.840. The van der Waals surface area contributed by atoms with Gasteiger partial charge in [0.2, 0.25) is 5.91 Å². The van der Waals surface area contributed by atoms with Gasteiger partial charge in [0.25, 0.3) is 0 Å². The van der Waals surface area contributed by atoms with Crippen molar-refractivity contribution in [2.45, 2.75) is 32.6 Å². The minimum Gasteiger partial charge on any atom is -0.463 e. The topological polar surface area (TPSA) is 46.6 Å². The van der Waals surface area contributed by atoms with Crippen LogP contribution in [0.4, 0.5) is 0 Å². The van der Waals surface area contributed by atoms with E-state index in [-0.39, 0.29) is 17.2 Å². The van der Waals surface area contributed by atoms with Crippen LogP contribution in [0.3, 0.4) is 0 Å². The summed E-state index contributed by atoms with van der Waals surface area (Å²) in [4.78, 5) is 24.9. The van der Waals surface area contributed by atoms with Crippen LogP contribution in [0.15, 0.2) is 11.8 Å². The average Bonchev–Trinajstić information content (AvgIpc) is 2.54. The van der Waals surface area contributed by atoms with Crippen molar-refractivity contribution in [2.24, 2.45) is 0 Å². The van der Waals surface area contributed by atoms with Gasteiger partial charge in [0.05, 0.1) is 11.9 Å². The zero-order valence-electron chi connectivity index (χ0n) is 10.1. The molecule has 1 aliphatic heterocycles. The molecule has 0 N–H and O–H groups in total. The van der Waals surface area contributed by atoms with Crippen LogP contribution in [0.1, 0.15) is 32.6 Å². The molecule has 4 nitrogen and oxygen atoms in total. The summed E-state index contributed by atoms with van der Waals surface area (Å²) in [5.41, 5.74) is 0.783. The standard InChI is InChI=1S/C12H18BrNO3/c1-2-17-12(16)8-10-6-4-3-5-7-14(10)11(15)9-13/h8H,2-7,9H2,1H3/b10-8+. The molecule has 0 unspecified atom stereocenters. The first-order chi connectivity index (χ1) is 8.19. The van der Waals surface area contributed by atoms with E-state index >= 15 is 0 Å². The number of hydrogen-bond donors (Lipinski definition) is 0. The molecule has 1 fully saturated rings. The van der Waals surface area contributed by atoms with Crippen molar-refractivity contribution >= 4 is 27.8 Å². The van der Waals surface area contributed by atoms with Crippen LogP contribution in [0.5, 0.6) is 0 Å². The highest BCUT2D eigenvalue weighted by molar-refractivity contribution is 9.09. The van der Waals surface area contributed by atoms with Crippen molar-refractivity contribution < 1.29 is 14.3 Å². The molecular formula is C12H18BrNO3. The lowest BCUT2D eigenvalue weighted by atomic mass is 10.2. The lowest BCUT2D eigenvalue weighted by Crippen LogP contribution is -2.31. The SMILES string of the molecule is CCOC(=O)/C=C1\CCCCCN1C(=O)CBr. The molecule has 96 valence electrons. The van der Waals surface area contributed by atoms with Crippen molar-refractivity contribution in [3.8, 4) is 0 Å². The molecule has 0 aromatic carbocycles. The van der Waals surface area contributed by atoms with Gasteiger partial charge in [-0.3, -0.25) is 4.79 Å². The largest absolute Gasteiger partial charge is 0.463 e. The van der Waals surface area contributed by atoms with E-state index < -0.39 is 0 Å². The van der Waals surface area contributed by atoms with Crippen molar-refractivity contribution in [1.82, 2.24) is 4.90 Å². The summed E-state index contributed by atoms with van der Waals surface area (Å²) in [5, 5.41) is 0.285. The van der Waals surface area contributed by atoms with Crippen LogP contribution in [-0.4, -0.2) is 35.3 Å². The number of halogens is 1. The summed E-state index contributed by atoms with van der Waals surface area (Å²) in [7, 11) is 0. The number of ether oxygens (including phenoxy) is 1. The van der Waals surface area contributed by atoms with E-state index in [1.807, 2.05) is 0 Å². The van der Waals surface area contributed by atoms with Gasteiger partial charge in [0, 0.05) is 18.3 Å². The van der Waals surface area contributed by atoms with E-state index in [1.165, 1.54) is 6.08 Å². The van der Waals surface area contributed by atoms with Gasteiger partial charge in [-0.2, -0.15) is 0 Å². The van der Waals surface area contributed by atoms with E-state index in [0.29, 0.717) is 13.2 Å². The van der Waals surface area contributed by atoms with Crippen LogP contribution in [0.2, 0.25) is 0 Å². The zero-order chi connectivity index (χ0) is 12.7. The monoisotopic (exact) mass is 303 g/mol.